The molecule has 72 valence electrons. The van der Waals surface area contributed by atoms with Crippen LogP contribution in [0.3, 0.4) is 0 Å². The zero-order chi connectivity index (χ0) is 9.23. The van der Waals surface area contributed by atoms with Crippen molar-refractivity contribution in [1.29, 1.82) is 0 Å². The number of hydrogen-bond acceptors (Lipinski definition) is 1. The summed E-state index contributed by atoms with van der Waals surface area (Å²) in [6.45, 7) is 4.46. The van der Waals surface area contributed by atoms with E-state index in [0.29, 0.717) is 0 Å². The monoisotopic (exact) mass is 169 g/mol. The van der Waals surface area contributed by atoms with Gasteiger partial charge in [-0.05, 0) is 19.3 Å². The van der Waals surface area contributed by atoms with E-state index in [9.17, 15) is 0 Å². The maximum Gasteiger partial charge on any atom is 0.00635 e. The highest BCUT2D eigenvalue weighted by molar-refractivity contribution is 4.98. The fourth-order valence-electron chi connectivity index (χ4n) is 1.21. The Morgan fingerprint density at radius 3 is 2.42 bits per heavy atom. The molecule has 0 aliphatic heterocycles. The first-order chi connectivity index (χ1) is 5.85. The molecule has 0 radical (unpaired) electrons. The van der Waals surface area contributed by atoms with Gasteiger partial charge in [0, 0.05) is 12.7 Å². The SMILES string of the molecule is CCC/C=C(\CCCCC)NC. The maximum atomic E-state index is 3.26. The molecule has 0 aromatic heterocycles. The fraction of sp³-hybridized carbons (Fsp3) is 0.818. The van der Waals surface area contributed by atoms with Gasteiger partial charge in [0.05, 0.1) is 0 Å². The zero-order valence-electron chi connectivity index (χ0n) is 8.82. The highest BCUT2D eigenvalue weighted by Crippen LogP contribution is 2.07. The minimum atomic E-state index is 1.21. The second-order valence-electron chi connectivity index (χ2n) is 3.23. The molecule has 1 heteroatoms. The van der Waals surface area contributed by atoms with Gasteiger partial charge in [-0.1, -0.05) is 39.2 Å². The largest absolute Gasteiger partial charge is 0.392 e. The van der Waals surface area contributed by atoms with Crippen molar-refractivity contribution in [3.8, 4) is 0 Å². The first-order valence-corrected chi connectivity index (χ1v) is 5.21. The van der Waals surface area contributed by atoms with Crippen LogP contribution >= 0.6 is 0 Å². The first kappa shape index (κ1) is 11.5. The van der Waals surface area contributed by atoms with E-state index < -0.39 is 0 Å². The van der Waals surface area contributed by atoms with Gasteiger partial charge < -0.3 is 5.32 Å². The van der Waals surface area contributed by atoms with Crippen LogP contribution < -0.4 is 5.32 Å². The predicted octanol–water partition coefficient (Wildman–Crippen LogP) is 3.47. The van der Waals surface area contributed by atoms with E-state index in [1.54, 1.807) is 0 Å². The molecule has 0 aliphatic rings. The minimum Gasteiger partial charge on any atom is -0.392 e. The number of allylic oxidation sites excluding steroid dienone is 2. The summed E-state index contributed by atoms with van der Waals surface area (Å²) < 4.78 is 0. The van der Waals surface area contributed by atoms with Gasteiger partial charge in [-0.25, -0.2) is 0 Å². The van der Waals surface area contributed by atoms with Gasteiger partial charge in [-0.3, -0.25) is 0 Å². The summed E-state index contributed by atoms with van der Waals surface area (Å²) in [6.07, 6.45) is 10.0. The van der Waals surface area contributed by atoms with Crippen LogP contribution in [0.25, 0.3) is 0 Å². The van der Waals surface area contributed by atoms with Crippen LogP contribution in [0.15, 0.2) is 11.8 Å². The molecule has 12 heavy (non-hydrogen) atoms. The molecule has 0 aromatic carbocycles. The molecule has 1 N–H and O–H groups in total. The summed E-state index contributed by atoms with van der Waals surface area (Å²) in [7, 11) is 2.02. The highest BCUT2D eigenvalue weighted by atomic mass is 14.8. The van der Waals surface area contributed by atoms with E-state index in [4.69, 9.17) is 0 Å². The molecular formula is C11H23N. The van der Waals surface area contributed by atoms with Crippen molar-refractivity contribution in [2.24, 2.45) is 0 Å². The van der Waals surface area contributed by atoms with Gasteiger partial charge in [-0.2, -0.15) is 0 Å². The van der Waals surface area contributed by atoms with Crippen LogP contribution in [0, 0.1) is 0 Å². The lowest BCUT2D eigenvalue weighted by atomic mass is 10.1. The minimum absolute atomic E-state index is 1.21. The fourth-order valence-corrected chi connectivity index (χ4v) is 1.21. The lowest BCUT2D eigenvalue weighted by molar-refractivity contribution is 0.685. The van der Waals surface area contributed by atoms with Gasteiger partial charge in [0.1, 0.15) is 0 Å². The number of nitrogens with one attached hydrogen (secondary N) is 1. The summed E-state index contributed by atoms with van der Waals surface area (Å²) in [4.78, 5) is 0. The summed E-state index contributed by atoms with van der Waals surface area (Å²) in [5, 5.41) is 3.26. The van der Waals surface area contributed by atoms with E-state index in [-0.39, 0.29) is 0 Å². The van der Waals surface area contributed by atoms with Gasteiger partial charge >= 0.3 is 0 Å². The van der Waals surface area contributed by atoms with Crippen LogP contribution in [0.2, 0.25) is 0 Å². The molecule has 1 nitrogen and oxygen atoms in total. The molecule has 0 unspecified atom stereocenters. The number of rotatable bonds is 7. The Labute approximate surface area is 77.2 Å². The van der Waals surface area contributed by atoms with E-state index in [2.05, 4.69) is 25.2 Å². The molecule has 0 heterocycles. The molecule has 0 rings (SSSR count). The Balaban J connectivity index is 3.52. The quantitative estimate of drug-likeness (QED) is 0.575. The van der Waals surface area contributed by atoms with Crippen LogP contribution in [-0.4, -0.2) is 7.05 Å². The second kappa shape index (κ2) is 8.63. The van der Waals surface area contributed by atoms with Crippen LogP contribution in [0.5, 0.6) is 0 Å². The third kappa shape index (κ3) is 6.26. The summed E-state index contributed by atoms with van der Waals surface area (Å²) in [5.74, 6) is 0. The Kier molecular flexibility index (Phi) is 8.30. The van der Waals surface area contributed by atoms with Gasteiger partial charge in [0.25, 0.3) is 0 Å². The molecular weight excluding hydrogens is 146 g/mol. The predicted molar refractivity (Wildman–Crippen MR) is 56.2 cm³/mol. The number of hydrogen-bond donors (Lipinski definition) is 1. The molecule has 0 bridgehead atoms. The average Bonchev–Trinajstić information content (AvgIpc) is 2.11. The molecule has 0 aromatic rings. The van der Waals surface area contributed by atoms with E-state index >= 15 is 0 Å². The van der Waals surface area contributed by atoms with E-state index in [0.717, 1.165) is 0 Å². The van der Waals surface area contributed by atoms with Crippen LogP contribution in [0.1, 0.15) is 52.4 Å². The molecule has 0 fully saturated rings. The average molecular weight is 169 g/mol. The molecule has 0 amide bonds. The van der Waals surface area contributed by atoms with Crippen molar-refractivity contribution >= 4 is 0 Å². The molecule has 0 atom stereocenters. The van der Waals surface area contributed by atoms with Crippen molar-refractivity contribution in [2.45, 2.75) is 52.4 Å². The standard InChI is InChI=1S/C11H23N/c1-4-6-8-10-11(12-3)9-7-5-2/h9,12H,4-8,10H2,1-3H3/b11-9+. The molecule has 0 saturated carbocycles. The summed E-state index contributed by atoms with van der Waals surface area (Å²) >= 11 is 0. The topological polar surface area (TPSA) is 12.0 Å². The van der Waals surface area contributed by atoms with Crippen molar-refractivity contribution < 1.29 is 0 Å². The van der Waals surface area contributed by atoms with Crippen LogP contribution in [0.4, 0.5) is 0 Å². The van der Waals surface area contributed by atoms with Crippen LogP contribution in [-0.2, 0) is 0 Å². The Hall–Kier alpha value is -0.460. The van der Waals surface area contributed by atoms with E-state index in [1.165, 1.54) is 44.2 Å². The lowest BCUT2D eigenvalue weighted by Crippen LogP contribution is -2.05. The van der Waals surface area contributed by atoms with Crippen molar-refractivity contribution in [1.82, 2.24) is 5.32 Å². The normalized spacial score (nSPS) is 11.8. The smallest absolute Gasteiger partial charge is 0.00635 e. The molecule has 0 spiro atoms. The molecule has 0 saturated heterocycles. The second-order valence-corrected chi connectivity index (χ2v) is 3.23. The van der Waals surface area contributed by atoms with Crippen molar-refractivity contribution in [3.05, 3.63) is 11.8 Å². The molecule has 0 aliphatic carbocycles. The first-order valence-electron chi connectivity index (χ1n) is 5.21. The summed E-state index contributed by atoms with van der Waals surface area (Å²) in [5.41, 5.74) is 1.42. The Morgan fingerprint density at radius 1 is 1.17 bits per heavy atom. The third-order valence-corrected chi connectivity index (χ3v) is 2.05. The number of unbranched alkanes of at least 4 members (excludes halogenated alkanes) is 3. The Morgan fingerprint density at radius 2 is 1.92 bits per heavy atom. The van der Waals surface area contributed by atoms with Gasteiger partial charge in [-0.15, -0.1) is 0 Å². The van der Waals surface area contributed by atoms with Gasteiger partial charge in [0.2, 0.25) is 0 Å². The lowest BCUT2D eigenvalue weighted by Gasteiger charge is -2.05. The zero-order valence-corrected chi connectivity index (χ0v) is 8.82. The highest BCUT2D eigenvalue weighted by Gasteiger charge is 1.92. The van der Waals surface area contributed by atoms with E-state index in [1.807, 2.05) is 7.05 Å². The summed E-state index contributed by atoms with van der Waals surface area (Å²) in [6, 6.07) is 0. The Bertz CT molecular complexity index is 116. The van der Waals surface area contributed by atoms with Crippen molar-refractivity contribution in [2.75, 3.05) is 7.05 Å². The third-order valence-electron chi connectivity index (χ3n) is 2.05. The maximum absolute atomic E-state index is 3.26. The van der Waals surface area contributed by atoms with Crippen molar-refractivity contribution in [3.63, 3.8) is 0 Å². The van der Waals surface area contributed by atoms with Gasteiger partial charge in [0.15, 0.2) is 0 Å².